The molecule has 0 aliphatic carbocycles. The van der Waals surface area contributed by atoms with E-state index in [0.717, 1.165) is 24.3 Å². The van der Waals surface area contributed by atoms with Crippen LogP contribution in [0.1, 0.15) is 25.8 Å². The minimum Gasteiger partial charge on any atom is -0.478 e. The topological polar surface area (TPSA) is 50.3 Å². The van der Waals surface area contributed by atoms with Crippen LogP contribution >= 0.6 is 0 Å². The van der Waals surface area contributed by atoms with Crippen molar-refractivity contribution < 1.29 is 4.74 Å². The van der Waals surface area contributed by atoms with Gasteiger partial charge in [-0.25, -0.2) is 9.97 Å². The predicted octanol–water partition coefficient (Wildman–Crippen LogP) is 1.94. The van der Waals surface area contributed by atoms with Gasteiger partial charge in [-0.3, -0.25) is 0 Å². The van der Waals surface area contributed by atoms with Crippen molar-refractivity contribution >= 4 is 5.82 Å². The summed E-state index contributed by atoms with van der Waals surface area (Å²) in [6, 6.07) is 0.371. The minimum atomic E-state index is 0.371. The van der Waals surface area contributed by atoms with Gasteiger partial charge in [0.1, 0.15) is 12.1 Å². The average Bonchev–Trinajstić information content (AvgIpc) is 2.32. The van der Waals surface area contributed by atoms with E-state index in [1.165, 1.54) is 0 Å². The van der Waals surface area contributed by atoms with Crippen molar-refractivity contribution in [3.05, 3.63) is 11.9 Å². The Morgan fingerprint density at radius 2 is 2.11 bits per heavy atom. The molecule has 0 radical (unpaired) electrons. The fourth-order valence-electron chi connectivity index (χ4n) is 1.62. The van der Waals surface area contributed by atoms with Crippen molar-refractivity contribution in [2.45, 2.75) is 33.2 Å². The van der Waals surface area contributed by atoms with Gasteiger partial charge in [0.2, 0.25) is 5.88 Å². The molecule has 1 atom stereocenters. The first-order chi connectivity index (χ1) is 8.54. The van der Waals surface area contributed by atoms with Gasteiger partial charge < -0.3 is 15.0 Å². The lowest BCUT2D eigenvalue weighted by atomic mass is 10.2. The van der Waals surface area contributed by atoms with Gasteiger partial charge in [-0.15, -0.1) is 0 Å². The number of aromatic nitrogens is 2. The number of hydrogen-bond acceptors (Lipinski definition) is 5. The van der Waals surface area contributed by atoms with E-state index < -0.39 is 0 Å². The maximum Gasteiger partial charge on any atom is 0.221 e. The molecule has 1 unspecified atom stereocenters. The maximum atomic E-state index is 5.46. The van der Waals surface area contributed by atoms with Gasteiger partial charge >= 0.3 is 0 Å². The molecule has 0 saturated carbocycles. The molecule has 1 aromatic heterocycles. The number of hydrogen-bond donors (Lipinski definition) is 1. The molecule has 0 saturated heterocycles. The molecule has 5 nitrogen and oxygen atoms in total. The third-order valence-electron chi connectivity index (χ3n) is 2.71. The summed E-state index contributed by atoms with van der Waals surface area (Å²) in [5, 5.41) is 3.41. The smallest absolute Gasteiger partial charge is 0.221 e. The molecular weight excluding hydrogens is 228 g/mol. The lowest BCUT2D eigenvalue weighted by Gasteiger charge is -2.18. The molecule has 18 heavy (non-hydrogen) atoms. The normalized spacial score (nSPS) is 12.6. The number of rotatable bonds is 7. The standard InChI is InChI=1S/C13H24N4O/c1-6-18-13-11(3)12(14-9-15-13)16-10(2)7-8-17(4)5/h9-10H,6-8H2,1-5H3,(H,14,15,16). The fourth-order valence-corrected chi connectivity index (χ4v) is 1.62. The number of nitrogens with one attached hydrogen (secondary N) is 1. The molecule has 0 aliphatic rings. The van der Waals surface area contributed by atoms with Crippen LogP contribution in [0.2, 0.25) is 0 Å². The molecule has 0 bridgehead atoms. The Labute approximate surface area is 110 Å². The van der Waals surface area contributed by atoms with Gasteiger partial charge in [-0.2, -0.15) is 0 Å². The second-order valence-corrected chi connectivity index (χ2v) is 4.72. The van der Waals surface area contributed by atoms with E-state index in [-0.39, 0.29) is 0 Å². The molecule has 0 spiro atoms. The zero-order chi connectivity index (χ0) is 13.5. The van der Waals surface area contributed by atoms with Crippen molar-refractivity contribution in [2.24, 2.45) is 0 Å². The second-order valence-electron chi connectivity index (χ2n) is 4.72. The molecule has 1 aromatic rings. The van der Waals surface area contributed by atoms with Gasteiger partial charge in [-0.05, 0) is 47.8 Å². The quantitative estimate of drug-likeness (QED) is 0.803. The van der Waals surface area contributed by atoms with E-state index in [1.807, 2.05) is 13.8 Å². The van der Waals surface area contributed by atoms with E-state index in [2.05, 4.69) is 41.2 Å². The molecule has 0 aromatic carbocycles. The highest BCUT2D eigenvalue weighted by Crippen LogP contribution is 2.21. The Morgan fingerprint density at radius 3 is 2.72 bits per heavy atom. The highest BCUT2D eigenvalue weighted by atomic mass is 16.5. The van der Waals surface area contributed by atoms with Crippen molar-refractivity contribution in [3.63, 3.8) is 0 Å². The number of anilines is 1. The second kappa shape index (κ2) is 7.16. The van der Waals surface area contributed by atoms with Gasteiger partial charge in [0.15, 0.2) is 0 Å². The lowest BCUT2D eigenvalue weighted by molar-refractivity contribution is 0.323. The molecule has 0 fully saturated rings. The van der Waals surface area contributed by atoms with Crippen LogP contribution in [-0.4, -0.2) is 48.2 Å². The van der Waals surface area contributed by atoms with Crippen LogP contribution in [0.25, 0.3) is 0 Å². The van der Waals surface area contributed by atoms with E-state index in [1.54, 1.807) is 6.33 Å². The Hall–Kier alpha value is -1.36. The first kappa shape index (κ1) is 14.7. The third-order valence-corrected chi connectivity index (χ3v) is 2.71. The van der Waals surface area contributed by atoms with Gasteiger partial charge in [0.25, 0.3) is 0 Å². The summed E-state index contributed by atoms with van der Waals surface area (Å²) in [6.07, 6.45) is 2.61. The summed E-state index contributed by atoms with van der Waals surface area (Å²) in [5.74, 6) is 1.52. The minimum absolute atomic E-state index is 0.371. The Bertz CT molecular complexity index is 368. The van der Waals surface area contributed by atoms with Crippen LogP contribution in [0.5, 0.6) is 5.88 Å². The number of ether oxygens (including phenoxy) is 1. The van der Waals surface area contributed by atoms with Crippen molar-refractivity contribution in [1.82, 2.24) is 14.9 Å². The lowest BCUT2D eigenvalue weighted by Crippen LogP contribution is -2.23. The van der Waals surface area contributed by atoms with Gasteiger partial charge in [-0.1, -0.05) is 0 Å². The third kappa shape index (κ3) is 4.49. The molecular formula is C13H24N4O. The number of nitrogens with zero attached hydrogens (tertiary/aromatic N) is 3. The highest BCUT2D eigenvalue weighted by Gasteiger charge is 2.10. The Balaban J connectivity index is 2.63. The fraction of sp³-hybridized carbons (Fsp3) is 0.692. The molecule has 1 rings (SSSR count). The van der Waals surface area contributed by atoms with Gasteiger partial charge in [0, 0.05) is 6.04 Å². The van der Waals surface area contributed by atoms with Gasteiger partial charge in [0.05, 0.1) is 12.2 Å². The summed E-state index contributed by atoms with van der Waals surface area (Å²) < 4.78 is 5.46. The molecule has 0 aliphatic heterocycles. The van der Waals surface area contributed by atoms with E-state index in [9.17, 15) is 0 Å². The van der Waals surface area contributed by atoms with Crippen molar-refractivity contribution in [2.75, 3.05) is 32.6 Å². The average molecular weight is 252 g/mol. The zero-order valence-electron chi connectivity index (χ0n) is 12.0. The SMILES string of the molecule is CCOc1ncnc(NC(C)CCN(C)C)c1C. The molecule has 1 heterocycles. The Kier molecular flexibility index (Phi) is 5.85. The Morgan fingerprint density at radius 1 is 1.39 bits per heavy atom. The van der Waals surface area contributed by atoms with Crippen molar-refractivity contribution in [3.8, 4) is 5.88 Å². The summed E-state index contributed by atoms with van der Waals surface area (Å²) >= 11 is 0. The summed E-state index contributed by atoms with van der Waals surface area (Å²) in [6.45, 7) is 7.76. The zero-order valence-corrected chi connectivity index (χ0v) is 12.0. The van der Waals surface area contributed by atoms with Crippen LogP contribution in [0, 0.1) is 6.92 Å². The summed E-state index contributed by atoms with van der Waals surface area (Å²) in [7, 11) is 4.16. The summed E-state index contributed by atoms with van der Waals surface area (Å²) in [4.78, 5) is 10.6. The summed E-state index contributed by atoms with van der Waals surface area (Å²) in [5.41, 5.74) is 0.969. The molecule has 5 heteroatoms. The van der Waals surface area contributed by atoms with E-state index in [4.69, 9.17) is 4.74 Å². The highest BCUT2D eigenvalue weighted by molar-refractivity contribution is 5.48. The van der Waals surface area contributed by atoms with Crippen LogP contribution in [0.4, 0.5) is 5.82 Å². The molecule has 0 amide bonds. The van der Waals surface area contributed by atoms with Crippen LogP contribution in [0.3, 0.4) is 0 Å². The van der Waals surface area contributed by atoms with Crippen LogP contribution in [0.15, 0.2) is 6.33 Å². The van der Waals surface area contributed by atoms with Crippen molar-refractivity contribution in [1.29, 1.82) is 0 Å². The molecule has 102 valence electrons. The van der Waals surface area contributed by atoms with E-state index in [0.29, 0.717) is 18.5 Å². The monoisotopic (exact) mass is 252 g/mol. The van der Waals surface area contributed by atoms with Crippen LogP contribution < -0.4 is 10.1 Å². The first-order valence-electron chi connectivity index (χ1n) is 6.40. The van der Waals surface area contributed by atoms with E-state index >= 15 is 0 Å². The first-order valence-corrected chi connectivity index (χ1v) is 6.40. The predicted molar refractivity (Wildman–Crippen MR) is 74.2 cm³/mol. The maximum absolute atomic E-state index is 5.46. The molecule has 1 N–H and O–H groups in total. The largest absolute Gasteiger partial charge is 0.478 e. The van der Waals surface area contributed by atoms with Crippen LogP contribution in [-0.2, 0) is 0 Å².